The molecule has 0 bridgehead atoms. The van der Waals surface area contributed by atoms with Gasteiger partial charge in [0.05, 0.1) is 18.4 Å². The van der Waals surface area contributed by atoms with Gasteiger partial charge in [-0.3, -0.25) is 14.3 Å². The van der Waals surface area contributed by atoms with Crippen LogP contribution in [0, 0.1) is 0 Å². The van der Waals surface area contributed by atoms with Gasteiger partial charge in [-0.25, -0.2) is 8.42 Å². The fourth-order valence-electron chi connectivity index (χ4n) is 2.85. The quantitative estimate of drug-likeness (QED) is 0.619. The summed E-state index contributed by atoms with van der Waals surface area (Å²) in [5, 5.41) is 13.4. The van der Waals surface area contributed by atoms with Crippen molar-refractivity contribution in [1.82, 2.24) is 0 Å². The monoisotopic (exact) mass is 438 g/mol. The van der Waals surface area contributed by atoms with Crippen molar-refractivity contribution in [3.05, 3.63) is 58.1 Å². The second-order valence-electron chi connectivity index (χ2n) is 6.02. The summed E-state index contributed by atoms with van der Waals surface area (Å²) in [5.74, 6) is -1.27. The lowest BCUT2D eigenvalue weighted by molar-refractivity contribution is -0.133. The summed E-state index contributed by atoms with van der Waals surface area (Å²) in [5.41, 5.74) is -1.14. The largest absolute Gasteiger partial charge is 0.375 e. The summed E-state index contributed by atoms with van der Waals surface area (Å²) in [6, 6.07) is 10.9. The Balaban J connectivity index is 1.96. The van der Waals surface area contributed by atoms with E-state index in [4.69, 9.17) is 0 Å². The van der Waals surface area contributed by atoms with Crippen LogP contribution in [0.1, 0.15) is 22.3 Å². The first-order valence-electron chi connectivity index (χ1n) is 7.54. The molecule has 0 fully saturated rings. The van der Waals surface area contributed by atoms with Crippen LogP contribution in [-0.4, -0.2) is 31.5 Å². The molecule has 1 heterocycles. The Morgan fingerprint density at radius 2 is 1.96 bits per heavy atom. The smallest absolute Gasteiger partial charge is 0.261 e. The number of amides is 1. The lowest BCUT2D eigenvalue weighted by Gasteiger charge is -2.20. The minimum atomic E-state index is -3.59. The van der Waals surface area contributed by atoms with Crippen LogP contribution in [0.3, 0.4) is 0 Å². The van der Waals surface area contributed by atoms with Crippen molar-refractivity contribution in [3.8, 4) is 0 Å². The lowest BCUT2D eigenvalue weighted by atomic mass is 9.88. The zero-order valence-electron chi connectivity index (χ0n) is 13.6. The number of hydrogen-bond acceptors (Lipinski definition) is 5. The number of carbonyl (C=O) groups is 2. The van der Waals surface area contributed by atoms with E-state index in [0.717, 1.165) is 10.7 Å². The molecule has 1 aliphatic heterocycles. The first kappa shape index (κ1) is 18.6. The van der Waals surface area contributed by atoms with Crippen molar-refractivity contribution in [2.75, 3.05) is 16.3 Å². The van der Waals surface area contributed by atoms with Crippen LogP contribution in [-0.2, 0) is 20.4 Å². The van der Waals surface area contributed by atoms with E-state index in [0.29, 0.717) is 11.3 Å². The number of Topliss-reactive ketones (excluding diaryl/α,β-unsaturated/α-hetero) is 1. The Morgan fingerprint density at radius 1 is 1.27 bits per heavy atom. The molecule has 3 rings (SSSR count). The molecule has 9 heteroatoms. The molecule has 0 radical (unpaired) electrons. The number of hydrogen-bond donors (Lipinski definition) is 3. The summed E-state index contributed by atoms with van der Waals surface area (Å²) in [6.07, 6.45) is 0.455. The van der Waals surface area contributed by atoms with Gasteiger partial charge >= 0.3 is 0 Å². The molecule has 2 aromatic rings. The second kappa shape index (κ2) is 6.49. The van der Waals surface area contributed by atoms with E-state index in [2.05, 4.69) is 26.0 Å². The molecule has 26 heavy (non-hydrogen) atoms. The summed E-state index contributed by atoms with van der Waals surface area (Å²) < 4.78 is 26.0. The van der Waals surface area contributed by atoms with Gasteiger partial charge in [-0.1, -0.05) is 34.1 Å². The predicted octanol–water partition coefficient (Wildman–Crippen LogP) is 2.23. The number of carbonyl (C=O) groups excluding carboxylic acids is 2. The topological polar surface area (TPSA) is 113 Å². The Hall–Kier alpha value is -2.23. The van der Waals surface area contributed by atoms with Crippen molar-refractivity contribution >= 4 is 49.0 Å². The van der Waals surface area contributed by atoms with E-state index in [1.807, 2.05) is 0 Å². The number of halogens is 1. The first-order valence-corrected chi connectivity index (χ1v) is 10.2. The third-order valence-corrected chi connectivity index (χ3v) is 5.07. The van der Waals surface area contributed by atoms with Crippen molar-refractivity contribution in [3.63, 3.8) is 0 Å². The predicted molar refractivity (Wildman–Crippen MR) is 101 cm³/mol. The third-order valence-electron chi connectivity index (χ3n) is 3.99. The van der Waals surface area contributed by atoms with Crippen LogP contribution in [0.2, 0.25) is 0 Å². The molecule has 0 aliphatic carbocycles. The molecular formula is C17H15BrN2O5S. The number of fused-ring (bicyclic) bond motifs is 1. The van der Waals surface area contributed by atoms with Gasteiger partial charge in [0.1, 0.15) is 0 Å². The highest BCUT2D eigenvalue weighted by atomic mass is 79.9. The van der Waals surface area contributed by atoms with E-state index in [-0.39, 0.29) is 11.3 Å². The number of ketones is 1. The number of benzene rings is 2. The Labute approximate surface area is 158 Å². The van der Waals surface area contributed by atoms with E-state index >= 15 is 0 Å². The minimum Gasteiger partial charge on any atom is -0.375 e. The molecule has 3 N–H and O–H groups in total. The van der Waals surface area contributed by atoms with Gasteiger partial charge in [0, 0.05) is 21.3 Å². The standard InChI is InChI=1S/C17H15BrN2O5S/c1-26(24,25)20-13-5-3-2-4-11(13)15(21)9-17(23)12-7-6-10(18)8-14(12)19-16(17)22/h2-8,20,23H,9H2,1H3,(H,19,22)/t17-/m1/s1. The Bertz CT molecular complexity index is 1020. The second-order valence-corrected chi connectivity index (χ2v) is 8.69. The summed E-state index contributed by atoms with van der Waals surface area (Å²) in [6.45, 7) is 0. The van der Waals surface area contributed by atoms with Gasteiger partial charge in [0.2, 0.25) is 10.0 Å². The van der Waals surface area contributed by atoms with Crippen LogP contribution in [0.4, 0.5) is 11.4 Å². The zero-order chi connectivity index (χ0) is 19.1. The first-order chi connectivity index (χ1) is 12.1. The lowest BCUT2D eigenvalue weighted by Crippen LogP contribution is -2.36. The molecule has 0 aromatic heterocycles. The van der Waals surface area contributed by atoms with Gasteiger partial charge in [0.25, 0.3) is 5.91 Å². The number of aliphatic hydroxyl groups is 1. The molecule has 1 atom stereocenters. The fourth-order valence-corrected chi connectivity index (χ4v) is 3.79. The van der Waals surface area contributed by atoms with E-state index in [1.54, 1.807) is 30.3 Å². The maximum Gasteiger partial charge on any atom is 0.261 e. The number of para-hydroxylation sites is 1. The third kappa shape index (κ3) is 3.50. The average molecular weight is 439 g/mol. The number of rotatable bonds is 5. The van der Waals surface area contributed by atoms with Crippen LogP contribution < -0.4 is 10.0 Å². The summed E-state index contributed by atoms with van der Waals surface area (Å²) in [4.78, 5) is 25.1. The summed E-state index contributed by atoms with van der Waals surface area (Å²) >= 11 is 3.28. The molecule has 2 aromatic carbocycles. The molecule has 1 aliphatic rings. The van der Waals surface area contributed by atoms with Gasteiger partial charge < -0.3 is 10.4 Å². The maximum atomic E-state index is 12.8. The SMILES string of the molecule is CS(=O)(=O)Nc1ccccc1C(=O)C[C@]1(O)C(=O)Nc2cc(Br)ccc21. The fraction of sp³-hybridized carbons (Fsp3) is 0.176. The molecule has 1 amide bonds. The number of sulfonamides is 1. The minimum absolute atomic E-state index is 0.0738. The maximum absolute atomic E-state index is 12.8. The van der Waals surface area contributed by atoms with Gasteiger partial charge in [-0.05, 0) is 24.3 Å². The number of anilines is 2. The van der Waals surface area contributed by atoms with E-state index in [1.165, 1.54) is 12.1 Å². The van der Waals surface area contributed by atoms with Crippen LogP contribution >= 0.6 is 15.9 Å². The van der Waals surface area contributed by atoms with Gasteiger partial charge in [-0.2, -0.15) is 0 Å². The van der Waals surface area contributed by atoms with Gasteiger partial charge in [-0.15, -0.1) is 0 Å². The van der Waals surface area contributed by atoms with Gasteiger partial charge in [0.15, 0.2) is 11.4 Å². The molecule has 7 nitrogen and oxygen atoms in total. The molecule has 0 unspecified atom stereocenters. The van der Waals surface area contributed by atoms with Crippen molar-refractivity contribution in [2.24, 2.45) is 0 Å². The highest BCUT2D eigenvalue weighted by molar-refractivity contribution is 9.10. The van der Waals surface area contributed by atoms with Crippen LogP contribution in [0.5, 0.6) is 0 Å². The van der Waals surface area contributed by atoms with Crippen molar-refractivity contribution in [1.29, 1.82) is 0 Å². The van der Waals surface area contributed by atoms with Crippen LogP contribution in [0.15, 0.2) is 46.9 Å². The van der Waals surface area contributed by atoms with Crippen molar-refractivity contribution < 1.29 is 23.1 Å². The molecule has 0 spiro atoms. The molecule has 0 saturated carbocycles. The molecular weight excluding hydrogens is 424 g/mol. The zero-order valence-corrected chi connectivity index (χ0v) is 16.0. The van der Waals surface area contributed by atoms with E-state index in [9.17, 15) is 23.1 Å². The summed E-state index contributed by atoms with van der Waals surface area (Å²) in [7, 11) is -3.59. The highest BCUT2D eigenvalue weighted by Crippen LogP contribution is 2.40. The van der Waals surface area contributed by atoms with E-state index < -0.39 is 33.7 Å². The normalized spacial score (nSPS) is 19.0. The Morgan fingerprint density at radius 3 is 2.65 bits per heavy atom. The number of nitrogens with one attached hydrogen (secondary N) is 2. The molecule has 136 valence electrons. The Kier molecular flexibility index (Phi) is 4.63. The average Bonchev–Trinajstić information content (AvgIpc) is 2.76. The molecule has 0 saturated heterocycles. The van der Waals surface area contributed by atoms with Crippen LogP contribution in [0.25, 0.3) is 0 Å². The highest BCUT2D eigenvalue weighted by Gasteiger charge is 2.47. The van der Waals surface area contributed by atoms with Crippen molar-refractivity contribution in [2.45, 2.75) is 12.0 Å².